The molecule has 0 aliphatic carbocycles. The van der Waals surface area contributed by atoms with E-state index >= 15 is 0 Å². The van der Waals surface area contributed by atoms with Crippen molar-refractivity contribution in [3.05, 3.63) is 28.3 Å². The molecular weight excluding hydrogens is 288 g/mol. The third kappa shape index (κ3) is 4.45. The second-order valence-electron chi connectivity index (χ2n) is 7.34. The fraction of sp³-hybridized carbons (Fsp3) is 0.632. The zero-order valence-corrected chi connectivity index (χ0v) is 16.5. The first kappa shape index (κ1) is 19.0. The summed E-state index contributed by atoms with van der Waals surface area (Å²) < 4.78 is 6.34. The van der Waals surface area contributed by atoms with E-state index in [1.165, 1.54) is 16.7 Å². The maximum atomic E-state index is 11.7. The van der Waals surface area contributed by atoms with Gasteiger partial charge in [-0.15, -0.1) is 0 Å². The summed E-state index contributed by atoms with van der Waals surface area (Å²) in [7, 11) is -1.19. The molecule has 3 heteroatoms. The molecule has 0 saturated carbocycles. The van der Waals surface area contributed by atoms with Gasteiger partial charge < -0.3 is 4.43 Å². The van der Waals surface area contributed by atoms with Gasteiger partial charge in [-0.2, -0.15) is 0 Å². The second-order valence-corrected chi connectivity index (χ2v) is 9.68. The highest BCUT2D eigenvalue weighted by Gasteiger charge is 2.26. The zero-order valence-electron chi connectivity index (χ0n) is 15.4. The van der Waals surface area contributed by atoms with E-state index in [9.17, 15) is 4.79 Å². The molecule has 124 valence electrons. The van der Waals surface area contributed by atoms with Crippen molar-refractivity contribution in [2.75, 3.05) is 0 Å². The van der Waals surface area contributed by atoms with Crippen LogP contribution in [0.5, 0.6) is 5.75 Å². The molecule has 22 heavy (non-hydrogen) atoms. The molecular formula is C19H32O2Si. The number of aldehydes is 1. The average molecular weight is 321 g/mol. The predicted molar refractivity (Wildman–Crippen MR) is 98.0 cm³/mol. The molecule has 0 amide bonds. The average Bonchev–Trinajstić information content (AvgIpc) is 2.40. The van der Waals surface area contributed by atoms with Crippen LogP contribution in [0, 0.1) is 0 Å². The Labute approximate surface area is 138 Å². The molecule has 0 aromatic heterocycles. The van der Waals surface area contributed by atoms with Crippen molar-refractivity contribution in [2.45, 2.75) is 78.8 Å². The number of carbonyl (C=O) groups is 1. The van der Waals surface area contributed by atoms with Gasteiger partial charge in [-0.05, 0) is 54.1 Å². The zero-order chi connectivity index (χ0) is 16.9. The van der Waals surface area contributed by atoms with Crippen LogP contribution in [0.25, 0.3) is 0 Å². The van der Waals surface area contributed by atoms with Crippen molar-refractivity contribution in [3.63, 3.8) is 0 Å². The van der Waals surface area contributed by atoms with Crippen molar-refractivity contribution >= 4 is 15.3 Å². The third-order valence-corrected chi connectivity index (χ3v) is 4.44. The molecule has 1 rings (SSSR count). The number of aryl methyl sites for hydroxylation is 1. The summed E-state index contributed by atoms with van der Waals surface area (Å²) in [5.41, 5.74) is 4.44. The van der Waals surface area contributed by atoms with Gasteiger partial charge in [0, 0.05) is 5.56 Å². The van der Waals surface area contributed by atoms with Crippen molar-refractivity contribution in [1.29, 1.82) is 0 Å². The van der Waals surface area contributed by atoms with E-state index < -0.39 is 9.04 Å². The van der Waals surface area contributed by atoms with Crippen LogP contribution in [-0.2, 0) is 18.3 Å². The second kappa shape index (κ2) is 7.96. The Morgan fingerprint density at radius 1 is 1.14 bits per heavy atom. The first-order valence-electron chi connectivity index (χ1n) is 8.57. The third-order valence-electron chi connectivity index (χ3n) is 3.74. The van der Waals surface area contributed by atoms with Gasteiger partial charge in [0.2, 0.25) is 9.04 Å². The van der Waals surface area contributed by atoms with Crippen LogP contribution in [0.4, 0.5) is 0 Å². The van der Waals surface area contributed by atoms with Crippen LogP contribution in [0.1, 0.15) is 74.5 Å². The Balaban J connectivity index is 3.70. The monoisotopic (exact) mass is 320 g/mol. The molecule has 0 fully saturated rings. The van der Waals surface area contributed by atoms with Crippen LogP contribution in [0.2, 0.25) is 13.1 Å². The van der Waals surface area contributed by atoms with E-state index in [2.05, 4.69) is 53.8 Å². The molecule has 0 heterocycles. The van der Waals surface area contributed by atoms with Gasteiger partial charge in [-0.25, -0.2) is 0 Å². The normalized spacial score (nSPS) is 11.8. The minimum atomic E-state index is -1.19. The summed E-state index contributed by atoms with van der Waals surface area (Å²) in [4.78, 5) is 11.7. The number of hydrogen-bond donors (Lipinski definition) is 0. The molecule has 0 aliphatic rings. The van der Waals surface area contributed by atoms with Crippen LogP contribution in [-0.4, -0.2) is 15.3 Å². The van der Waals surface area contributed by atoms with Gasteiger partial charge in [0.15, 0.2) is 0 Å². The molecule has 0 spiro atoms. The summed E-state index contributed by atoms with van der Waals surface area (Å²) in [5, 5.41) is 0. The van der Waals surface area contributed by atoms with E-state index in [1.54, 1.807) is 0 Å². The van der Waals surface area contributed by atoms with Gasteiger partial charge in [-0.1, -0.05) is 47.5 Å². The highest BCUT2D eigenvalue weighted by Crippen LogP contribution is 2.38. The summed E-state index contributed by atoms with van der Waals surface area (Å²) in [6.45, 7) is 15.3. The van der Waals surface area contributed by atoms with Crippen molar-refractivity contribution in [1.82, 2.24) is 0 Å². The van der Waals surface area contributed by atoms with Crippen molar-refractivity contribution in [3.8, 4) is 5.75 Å². The summed E-state index contributed by atoms with van der Waals surface area (Å²) in [6.07, 6.45) is 5.09. The van der Waals surface area contributed by atoms with Crippen LogP contribution < -0.4 is 4.43 Å². The lowest BCUT2D eigenvalue weighted by Gasteiger charge is -2.29. The highest BCUT2D eigenvalue weighted by atomic mass is 28.3. The van der Waals surface area contributed by atoms with Gasteiger partial charge in [0.05, 0.1) is 0 Å². The SMILES string of the molecule is CCCc1cc(C=O)c(C(C)(C)C)c(CCC)c1O[SiH](C)C. The van der Waals surface area contributed by atoms with Gasteiger partial charge in [0.1, 0.15) is 12.0 Å². The lowest BCUT2D eigenvalue weighted by Crippen LogP contribution is -2.22. The molecule has 1 aromatic carbocycles. The molecule has 0 unspecified atom stereocenters. The first-order valence-corrected chi connectivity index (χ1v) is 11.3. The molecule has 0 atom stereocenters. The summed E-state index contributed by atoms with van der Waals surface area (Å²) in [5.74, 6) is 1.08. The smallest absolute Gasteiger partial charge is 0.229 e. The Morgan fingerprint density at radius 2 is 1.73 bits per heavy atom. The summed E-state index contributed by atoms with van der Waals surface area (Å²) >= 11 is 0. The Kier molecular flexibility index (Phi) is 6.85. The molecule has 0 saturated heterocycles. The van der Waals surface area contributed by atoms with Gasteiger partial charge >= 0.3 is 0 Å². The van der Waals surface area contributed by atoms with Crippen molar-refractivity contribution < 1.29 is 9.22 Å². The van der Waals surface area contributed by atoms with E-state index in [-0.39, 0.29) is 5.41 Å². The number of hydrogen-bond acceptors (Lipinski definition) is 2. The fourth-order valence-electron chi connectivity index (χ4n) is 3.11. The Morgan fingerprint density at radius 3 is 2.14 bits per heavy atom. The minimum Gasteiger partial charge on any atom is -0.547 e. The van der Waals surface area contributed by atoms with Gasteiger partial charge in [0.25, 0.3) is 0 Å². The Hall–Kier alpha value is -1.09. The number of carbonyl (C=O) groups excluding carboxylic acids is 1. The first-order chi connectivity index (χ1) is 10.3. The maximum Gasteiger partial charge on any atom is 0.229 e. The quantitative estimate of drug-likeness (QED) is 0.518. The van der Waals surface area contributed by atoms with E-state index in [0.29, 0.717) is 0 Å². The number of benzene rings is 1. The predicted octanol–water partition coefficient (Wildman–Crippen LogP) is 5.06. The standard InChI is InChI=1S/C19H32O2Si/c1-8-10-14-12-15(13-20)17(19(3,4)5)16(11-9-2)18(14)21-22(6)7/h12-13,22H,8-11H2,1-7H3. The van der Waals surface area contributed by atoms with Crippen LogP contribution in [0.15, 0.2) is 6.07 Å². The van der Waals surface area contributed by atoms with Crippen LogP contribution >= 0.6 is 0 Å². The Bertz CT molecular complexity index is 513. The lowest BCUT2D eigenvalue weighted by atomic mass is 9.78. The molecule has 0 aliphatic heterocycles. The molecule has 0 bridgehead atoms. The molecule has 0 radical (unpaired) electrons. The van der Waals surface area contributed by atoms with E-state index in [1.807, 2.05) is 0 Å². The molecule has 1 aromatic rings. The van der Waals surface area contributed by atoms with Crippen LogP contribution in [0.3, 0.4) is 0 Å². The molecule has 0 N–H and O–H groups in total. The largest absolute Gasteiger partial charge is 0.547 e. The van der Waals surface area contributed by atoms with Gasteiger partial charge in [-0.3, -0.25) is 4.79 Å². The molecule has 2 nitrogen and oxygen atoms in total. The maximum absolute atomic E-state index is 11.7. The van der Waals surface area contributed by atoms with E-state index in [4.69, 9.17) is 4.43 Å². The highest BCUT2D eigenvalue weighted by molar-refractivity contribution is 6.49. The minimum absolute atomic E-state index is 0.0534. The summed E-state index contributed by atoms with van der Waals surface area (Å²) in [6, 6.07) is 2.07. The van der Waals surface area contributed by atoms with E-state index in [0.717, 1.165) is 43.3 Å². The number of rotatable bonds is 7. The lowest BCUT2D eigenvalue weighted by molar-refractivity contribution is 0.112. The van der Waals surface area contributed by atoms with Crippen molar-refractivity contribution in [2.24, 2.45) is 0 Å². The fourth-order valence-corrected chi connectivity index (χ4v) is 3.88. The topological polar surface area (TPSA) is 26.3 Å².